The van der Waals surface area contributed by atoms with Gasteiger partial charge in [0.2, 0.25) is 21.8 Å². The number of hydrogen-bond donors (Lipinski definition) is 1. The summed E-state index contributed by atoms with van der Waals surface area (Å²) in [5.41, 5.74) is 0.672. The number of hydrogen-bond acceptors (Lipinski definition) is 4. The lowest BCUT2D eigenvalue weighted by Crippen LogP contribution is -2.70. The summed E-state index contributed by atoms with van der Waals surface area (Å²) >= 11 is 6.15. The predicted octanol–water partition coefficient (Wildman–Crippen LogP) is 2.33. The van der Waals surface area contributed by atoms with E-state index in [9.17, 15) is 18.0 Å². The van der Waals surface area contributed by atoms with Crippen molar-refractivity contribution in [1.82, 2.24) is 9.62 Å². The van der Waals surface area contributed by atoms with Crippen molar-refractivity contribution in [1.29, 1.82) is 0 Å². The number of anilines is 1. The minimum atomic E-state index is -3.67. The Morgan fingerprint density at radius 1 is 1.20 bits per heavy atom. The molecular weight excluding hydrogens is 426 g/mol. The van der Waals surface area contributed by atoms with Gasteiger partial charge in [0.05, 0.1) is 12.8 Å². The van der Waals surface area contributed by atoms with Crippen LogP contribution in [-0.2, 0) is 26.2 Å². The summed E-state index contributed by atoms with van der Waals surface area (Å²) in [6.07, 6.45) is 1.03. The molecule has 0 bridgehead atoms. The van der Waals surface area contributed by atoms with Crippen LogP contribution in [0.2, 0.25) is 5.02 Å². The average molecular weight is 450 g/mol. The van der Waals surface area contributed by atoms with Crippen LogP contribution in [0.25, 0.3) is 0 Å². The number of benzene rings is 2. The molecule has 0 aliphatic carbocycles. The van der Waals surface area contributed by atoms with Crippen molar-refractivity contribution < 1.29 is 18.0 Å². The number of rotatable bonds is 5. The predicted molar refractivity (Wildman–Crippen MR) is 117 cm³/mol. The van der Waals surface area contributed by atoms with Gasteiger partial charge in [-0.15, -0.1) is 0 Å². The third-order valence-corrected chi connectivity index (χ3v) is 6.64. The molecule has 0 saturated carbocycles. The molecule has 7 nitrogen and oxygen atoms in total. The van der Waals surface area contributed by atoms with E-state index in [0.29, 0.717) is 10.7 Å². The van der Waals surface area contributed by atoms with Gasteiger partial charge < -0.3 is 5.32 Å². The van der Waals surface area contributed by atoms with Gasteiger partial charge >= 0.3 is 0 Å². The molecule has 1 heterocycles. The van der Waals surface area contributed by atoms with Gasteiger partial charge in [0.25, 0.3) is 0 Å². The zero-order valence-corrected chi connectivity index (χ0v) is 18.6. The van der Waals surface area contributed by atoms with Crippen LogP contribution >= 0.6 is 11.6 Å². The number of carbonyl (C=O) groups is 2. The summed E-state index contributed by atoms with van der Waals surface area (Å²) in [7, 11) is -3.67. The molecule has 30 heavy (non-hydrogen) atoms. The van der Waals surface area contributed by atoms with E-state index in [1.807, 2.05) is 37.3 Å². The second-order valence-corrected chi connectivity index (χ2v) is 10.1. The fraction of sp³-hybridized carbons (Fsp3) is 0.333. The van der Waals surface area contributed by atoms with Gasteiger partial charge in [-0.2, -0.15) is 4.31 Å². The molecule has 0 radical (unpaired) electrons. The smallest absolute Gasteiger partial charge is 0.247 e. The molecule has 1 saturated heterocycles. The lowest BCUT2D eigenvalue weighted by molar-refractivity contribution is -0.133. The van der Waals surface area contributed by atoms with Gasteiger partial charge in [-0.05, 0) is 37.1 Å². The third kappa shape index (κ3) is 4.50. The molecule has 160 valence electrons. The number of nitrogens with one attached hydrogen (secondary N) is 1. The monoisotopic (exact) mass is 449 g/mol. The topological polar surface area (TPSA) is 86.8 Å². The number of halogens is 1. The maximum Gasteiger partial charge on any atom is 0.247 e. The zero-order chi connectivity index (χ0) is 22.1. The maximum absolute atomic E-state index is 13.3. The van der Waals surface area contributed by atoms with Crippen LogP contribution < -0.4 is 10.2 Å². The lowest BCUT2D eigenvalue weighted by atomic mass is 9.93. The van der Waals surface area contributed by atoms with E-state index in [-0.39, 0.29) is 19.6 Å². The molecule has 0 spiro atoms. The molecule has 2 amide bonds. The standard InChI is InChI=1S/C21H24ClN3O4S/c1-15-9-10-17(22)11-18(15)25-19(26)13-24(30(3,28)29)14-21(25,2)20(27)23-12-16-7-5-4-6-8-16/h4-11H,12-14H2,1-3H3,(H,23,27). The minimum absolute atomic E-state index is 0.163. The van der Waals surface area contributed by atoms with Crippen LogP contribution in [0.15, 0.2) is 48.5 Å². The Bertz CT molecular complexity index is 1070. The van der Waals surface area contributed by atoms with Crippen molar-refractivity contribution in [2.75, 3.05) is 24.2 Å². The Morgan fingerprint density at radius 3 is 2.50 bits per heavy atom. The van der Waals surface area contributed by atoms with Crippen LogP contribution in [0.4, 0.5) is 5.69 Å². The summed E-state index contributed by atoms with van der Waals surface area (Å²) in [5, 5.41) is 3.27. The van der Waals surface area contributed by atoms with Gasteiger partial charge in [0.15, 0.2) is 0 Å². The third-order valence-electron chi connectivity index (χ3n) is 5.20. The number of nitrogens with zero attached hydrogens (tertiary/aromatic N) is 2. The summed E-state index contributed by atoms with van der Waals surface area (Å²) in [4.78, 5) is 27.8. The Hall–Kier alpha value is -2.42. The van der Waals surface area contributed by atoms with E-state index in [4.69, 9.17) is 11.6 Å². The lowest BCUT2D eigenvalue weighted by Gasteiger charge is -2.47. The van der Waals surface area contributed by atoms with Gasteiger partial charge in [0.1, 0.15) is 5.54 Å². The fourth-order valence-electron chi connectivity index (χ4n) is 3.57. The number of amides is 2. The highest BCUT2D eigenvalue weighted by molar-refractivity contribution is 7.88. The molecule has 9 heteroatoms. The molecule has 2 aromatic rings. The summed E-state index contributed by atoms with van der Waals surface area (Å²) in [6, 6.07) is 14.4. The van der Waals surface area contributed by atoms with Crippen molar-refractivity contribution in [3.8, 4) is 0 Å². The van der Waals surface area contributed by atoms with Gasteiger partial charge in [0, 0.05) is 23.8 Å². The zero-order valence-electron chi connectivity index (χ0n) is 17.1. The van der Waals surface area contributed by atoms with E-state index < -0.39 is 27.4 Å². The first kappa shape index (κ1) is 22.3. The molecular formula is C21H24ClN3O4S. The van der Waals surface area contributed by atoms with E-state index >= 15 is 0 Å². The summed E-state index contributed by atoms with van der Waals surface area (Å²) in [6.45, 7) is 3.13. The first-order chi connectivity index (χ1) is 14.0. The van der Waals surface area contributed by atoms with Crippen molar-refractivity contribution in [3.63, 3.8) is 0 Å². The second-order valence-electron chi connectivity index (χ2n) is 7.63. The highest BCUT2D eigenvalue weighted by atomic mass is 35.5. The van der Waals surface area contributed by atoms with Gasteiger partial charge in [-0.3, -0.25) is 14.5 Å². The molecule has 0 aromatic heterocycles. The minimum Gasteiger partial charge on any atom is -0.350 e. The van der Waals surface area contributed by atoms with E-state index in [0.717, 1.165) is 21.7 Å². The quantitative estimate of drug-likeness (QED) is 0.759. The van der Waals surface area contributed by atoms with E-state index in [1.54, 1.807) is 25.1 Å². The number of sulfonamides is 1. The molecule has 1 fully saturated rings. The molecule has 2 aromatic carbocycles. The first-order valence-corrected chi connectivity index (χ1v) is 11.6. The molecule has 1 atom stereocenters. The summed E-state index contributed by atoms with van der Waals surface area (Å²) in [5.74, 6) is -0.943. The Balaban J connectivity index is 2.01. The van der Waals surface area contributed by atoms with Crippen molar-refractivity contribution >= 4 is 39.1 Å². The average Bonchev–Trinajstić information content (AvgIpc) is 2.68. The molecule has 1 unspecified atom stereocenters. The Labute approximate surface area is 181 Å². The van der Waals surface area contributed by atoms with Crippen LogP contribution in [0.5, 0.6) is 0 Å². The first-order valence-electron chi connectivity index (χ1n) is 9.39. The van der Waals surface area contributed by atoms with Gasteiger partial charge in [-0.25, -0.2) is 8.42 Å². The van der Waals surface area contributed by atoms with E-state index in [2.05, 4.69) is 5.32 Å². The number of carbonyl (C=O) groups excluding carboxylic acids is 2. The Morgan fingerprint density at radius 2 is 1.87 bits per heavy atom. The largest absolute Gasteiger partial charge is 0.350 e. The molecule has 1 aliphatic heterocycles. The highest BCUT2D eigenvalue weighted by Gasteiger charge is 2.50. The fourth-order valence-corrected chi connectivity index (χ4v) is 4.56. The van der Waals surface area contributed by atoms with Crippen LogP contribution in [0, 0.1) is 6.92 Å². The maximum atomic E-state index is 13.3. The SMILES string of the molecule is Cc1ccc(Cl)cc1N1C(=O)CN(S(C)(=O)=O)CC1(C)C(=O)NCc1ccccc1. The number of piperazine rings is 1. The molecule has 1 aliphatic rings. The second kappa shape index (κ2) is 8.37. The summed E-state index contributed by atoms with van der Waals surface area (Å²) < 4.78 is 25.4. The Kier molecular flexibility index (Phi) is 6.21. The van der Waals surface area contributed by atoms with Crippen LogP contribution in [0.1, 0.15) is 18.1 Å². The number of aryl methyl sites for hydroxylation is 1. The van der Waals surface area contributed by atoms with Crippen molar-refractivity contribution in [2.24, 2.45) is 0 Å². The van der Waals surface area contributed by atoms with Crippen LogP contribution in [-0.4, -0.2) is 49.4 Å². The normalized spacial score (nSPS) is 20.3. The highest BCUT2D eigenvalue weighted by Crippen LogP contribution is 2.34. The molecule has 3 rings (SSSR count). The van der Waals surface area contributed by atoms with E-state index in [1.165, 1.54) is 4.90 Å². The van der Waals surface area contributed by atoms with Gasteiger partial charge in [-0.1, -0.05) is 48.0 Å². The van der Waals surface area contributed by atoms with Crippen molar-refractivity contribution in [2.45, 2.75) is 25.9 Å². The molecule has 1 N–H and O–H groups in total. The van der Waals surface area contributed by atoms with Crippen molar-refractivity contribution in [3.05, 3.63) is 64.7 Å². The van der Waals surface area contributed by atoms with Crippen LogP contribution in [0.3, 0.4) is 0 Å².